The summed E-state index contributed by atoms with van der Waals surface area (Å²) in [6, 6.07) is 0. The first-order valence-corrected chi connectivity index (χ1v) is 3.93. The number of carbonyl (C=O) groups excluding carboxylic acids is 1. The number of rotatable bonds is 4. The first-order chi connectivity index (χ1) is 6.24. The Morgan fingerprint density at radius 1 is 1.77 bits per heavy atom. The number of hydrogen-bond donors (Lipinski definition) is 3. The predicted molar refractivity (Wildman–Crippen MR) is 42.8 cm³/mol. The maximum absolute atomic E-state index is 11.1. The standard InChI is InChI=1S/C6H11N5O2/c1-2-4(12)3-7-6(13)5-8-10-11-9-5/h4,12H,2-3H2,1H3,(H,7,13)(H,8,9,10,11). The Kier molecular flexibility index (Phi) is 3.32. The summed E-state index contributed by atoms with van der Waals surface area (Å²) in [5.74, 6) is -0.468. The number of aliphatic hydroxyl groups is 1. The molecule has 0 aliphatic heterocycles. The zero-order chi connectivity index (χ0) is 9.68. The summed E-state index contributed by atoms with van der Waals surface area (Å²) in [7, 11) is 0. The molecule has 0 aromatic carbocycles. The summed E-state index contributed by atoms with van der Waals surface area (Å²) >= 11 is 0. The fraction of sp³-hybridized carbons (Fsp3) is 0.667. The number of H-pyrrole nitrogens is 1. The highest BCUT2D eigenvalue weighted by Crippen LogP contribution is 1.88. The van der Waals surface area contributed by atoms with E-state index < -0.39 is 12.0 Å². The molecule has 7 nitrogen and oxygen atoms in total. The Morgan fingerprint density at radius 2 is 2.54 bits per heavy atom. The van der Waals surface area contributed by atoms with Crippen LogP contribution in [0.2, 0.25) is 0 Å². The van der Waals surface area contributed by atoms with Crippen molar-refractivity contribution in [3.8, 4) is 0 Å². The van der Waals surface area contributed by atoms with Crippen molar-refractivity contribution in [1.82, 2.24) is 25.9 Å². The molecule has 0 aliphatic carbocycles. The van der Waals surface area contributed by atoms with Crippen LogP contribution in [0, 0.1) is 0 Å². The second-order valence-electron chi connectivity index (χ2n) is 2.51. The van der Waals surface area contributed by atoms with Crippen LogP contribution < -0.4 is 5.32 Å². The summed E-state index contributed by atoms with van der Waals surface area (Å²) in [4.78, 5) is 11.1. The van der Waals surface area contributed by atoms with Gasteiger partial charge in [-0.2, -0.15) is 5.21 Å². The second kappa shape index (κ2) is 4.51. The quantitative estimate of drug-likeness (QED) is 0.541. The van der Waals surface area contributed by atoms with Gasteiger partial charge >= 0.3 is 0 Å². The minimum Gasteiger partial charge on any atom is -0.391 e. The Morgan fingerprint density at radius 3 is 3.08 bits per heavy atom. The number of carbonyl (C=O) groups is 1. The molecule has 13 heavy (non-hydrogen) atoms. The van der Waals surface area contributed by atoms with E-state index in [2.05, 4.69) is 25.9 Å². The van der Waals surface area contributed by atoms with Gasteiger partial charge in [-0.25, -0.2) is 0 Å². The third-order valence-corrected chi connectivity index (χ3v) is 1.52. The molecule has 3 N–H and O–H groups in total. The SMILES string of the molecule is CCC(O)CNC(=O)c1nn[nH]n1. The van der Waals surface area contributed by atoms with Gasteiger partial charge in [-0.15, -0.1) is 10.2 Å². The van der Waals surface area contributed by atoms with E-state index in [4.69, 9.17) is 5.11 Å². The normalized spacial score (nSPS) is 12.5. The van der Waals surface area contributed by atoms with Crippen molar-refractivity contribution in [3.05, 3.63) is 5.82 Å². The second-order valence-corrected chi connectivity index (χ2v) is 2.51. The van der Waals surface area contributed by atoms with Crippen molar-refractivity contribution >= 4 is 5.91 Å². The van der Waals surface area contributed by atoms with Gasteiger partial charge in [0.05, 0.1) is 6.10 Å². The first kappa shape index (κ1) is 9.59. The Labute approximate surface area is 74.5 Å². The molecule has 1 unspecified atom stereocenters. The maximum atomic E-state index is 11.1. The van der Waals surface area contributed by atoms with Crippen LogP contribution in [0.15, 0.2) is 0 Å². The Hall–Kier alpha value is -1.50. The van der Waals surface area contributed by atoms with E-state index in [9.17, 15) is 4.79 Å². The summed E-state index contributed by atoms with van der Waals surface area (Å²) in [6.07, 6.45) is 0.0582. The predicted octanol–water partition coefficient (Wildman–Crippen LogP) is -1.30. The van der Waals surface area contributed by atoms with Crippen molar-refractivity contribution < 1.29 is 9.90 Å². The van der Waals surface area contributed by atoms with Gasteiger partial charge in [0.15, 0.2) is 0 Å². The molecule has 0 radical (unpaired) electrons. The van der Waals surface area contributed by atoms with Crippen LogP contribution in [0.3, 0.4) is 0 Å². The number of aromatic amines is 1. The Bertz CT molecular complexity index is 260. The summed E-state index contributed by atoms with van der Waals surface area (Å²) < 4.78 is 0. The van der Waals surface area contributed by atoms with E-state index >= 15 is 0 Å². The van der Waals surface area contributed by atoms with Gasteiger partial charge in [-0.3, -0.25) is 4.79 Å². The molecule has 1 rings (SSSR count). The van der Waals surface area contributed by atoms with Crippen molar-refractivity contribution in [2.75, 3.05) is 6.54 Å². The molecule has 72 valence electrons. The molecule has 1 atom stereocenters. The fourth-order valence-corrected chi connectivity index (χ4v) is 0.692. The van der Waals surface area contributed by atoms with Gasteiger partial charge in [-0.1, -0.05) is 6.92 Å². The maximum Gasteiger partial charge on any atom is 0.292 e. The number of aromatic nitrogens is 4. The molecule has 0 spiro atoms. The molecule has 7 heteroatoms. The van der Waals surface area contributed by atoms with E-state index in [1.165, 1.54) is 0 Å². The zero-order valence-electron chi connectivity index (χ0n) is 7.19. The average molecular weight is 185 g/mol. The van der Waals surface area contributed by atoms with Crippen LogP contribution >= 0.6 is 0 Å². The zero-order valence-corrected chi connectivity index (χ0v) is 7.19. The van der Waals surface area contributed by atoms with Crippen LogP contribution in [-0.2, 0) is 0 Å². The largest absolute Gasteiger partial charge is 0.391 e. The minimum absolute atomic E-state index is 0.0247. The molecule has 0 saturated carbocycles. The van der Waals surface area contributed by atoms with Crippen molar-refractivity contribution in [2.24, 2.45) is 0 Å². The third kappa shape index (κ3) is 2.79. The molecule has 0 bridgehead atoms. The fourth-order valence-electron chi connectivity index (χ4n) is 0.692. The van der Waals surface area contributed by atoms with Crippen LogP contribution in [0.1, 0.15) is 24.0 Å². The van der Waals surface area contributed by atoms with Gasteiger partial charge in [0.2, 0.25) is 0 Å². The van der Waals surface area contributed by atoms with Crippen LogP contribution in [-0.4, -0.2) is 44.3 Å². The minimum atomic E-state index is -0.532. The summed E-state index contributed by atoms with van der Waals surface area (Å²) in [6.45, 7) is 2.02. The lowest BCUT2D eigenvalue weighted by molar-refractivity contribution is 0.0903. The van der Waals surface area contributed by atoms with E-state index in [1.807, 2.05) is 6.92 Å². The number of tetrazole rings is 1. The molecular formula is C6H11N5O2. The average Bonchev–Trinajstić information content (AvgIpc) is 2.66. The van der Waals surface area contributed by atoms with Gasteiger partial charge in [0, 0.05) is 6.54 Å². The van der Waals surface area contributed by atoms with Gasteiger partial charge in [0.25, 0.3) is 11.7 Å². The topological polar surface area (TPSA) is 104 Å². The molecule has 0 saturated heterocycles. The number of amides is 1. The lowest BCUT2D eigenvalue weighted by Gasteiger charge is -2.06. The van der Waals surface area contributed by atoms with E-state index in [0.717, 1.165) is 0 Å². The van der Waals surface area contributed by atoms with Gasteiger partial charge in [0.1, 0.15) is 0 Å². The van der Waals surface area contributed by atoms with Crippen molar-refractivity contribution in [3.63, 3.8) is 0 Å². The molecule has 1 aromatic rings. The first-order valence-electron chi connectivity index (χ1n) is 3.93. The van der Waals surface area contributed by atoms with Crippen molar-refractivity contribution in [2.45, 2.75) is 19.4 Å². The highest BCUT2D eigenvalue weighted by Gasteiger charge is 2.11. The third-order valence-electron chi connectivity index (χ3n) is 1.52. The lowest BCUT2D eigenvalue weighted by atomic mass is 10.3. The molecule has 0 fully saturated rings. The highest BCUT2D eigenvalue weighted by molar-refractivity contribution is 5.89. The molecule has 1 aromatic heterocycles. The lowest BCUT2D eigenvalue weighted by Crippen LogP contribution is -2.32. The molecule has 0 aliphatic rings. The molecular weight excluding hydrogens is 174 g/mol. The molecule has 1 amide bonds. The summed E-state index contributed by atoms with van der Waals surface area (Å²) in [5, 5.41) is 23.9. The highest BCUT2D eigenvalue weighted by atomic mass is 16.3. The van der Waals surface area contributed by atoms with Gasteiger partial charge < -0.3 is 10.4 Å². The summed E-state index contributed by atoms with van der Waals surface area (Å²) in [5.41, 5.74) is 0. The van der Waals surface area contributed by atoms with E-state index in [1.54, 1.807) is 0 Å². The van der Waals surface area contributed by atoms with E-state index in [-0.39, 0.29) is 12.4 Å². The van der Waals surface area contributed by atoms with Crippen LogP contribution in [0.25, 0.3) is 0 Å². The smallest absolute Gasteiger partial charge is 0.292 e. The number of aliphatic hydroxyl groups excluding tert-OH is 1. The van der Waals surface area contributed by atoms with E-state index in [0.29, 0.717) is 6.42 Å². The van der Waals surface area contributed by atoms with Crippen LogP contribution in [0.4, 0.5) is 0 Å². The molecule has 1 heterocycles. The van der Waals surface area contributed by atoms with Crippen molar-refractivity contribution in [1.29, 1.82) is 0 Å². The van der Waals surface area contributed by atoms with Gasteiger partial charge in [-0.05, 0) is 11.6 Å². The number of nitrogens with one attached hydrogen (secondary N) is 2. The monoisotopic (exact) mass is 185 g/mol. The van der Waals surface area contributed by atoms with Crippen LogP contribution in [0.5, 0.6) is 0 Å². The Balaban J connectivity index is 2.35. The number of nitrogens with zero attached hydrogens (tertiary/aromatic N) is 3. The number of hydrogen-bond acceptors (Lipinski definition) is 5.